The fourth-order valence-corrected chi connectivity index (χ4v) is 2.54. The van der Waals surface area contributed by atoms with Gasteiger partial charge in [0.15, 0.2) is 0 Å². The van der Waals surface area contributed by atoms with Crippen molar-refractivity contribution in [2.45, 2.75) is 50.6 Å². The summed E-state index contributed by atoms with van der Waals surface area (Å²) in [5, 5.41) is 7.18. The number of hydrogen-bond acceptors (Lipinski definition) is 3. The second kappa shape index (κ2) is 6.46. The van der Waals surface area contributed by atoms with Gasteiger partial charge in [0.2, 0.25) is 0 Å². The molecule has 2 aliphatic rings. The molecule has 0 spiro atoms. The molecule has 88 valence electrons. The Morgan fingerprint density at radius 3 is 2.60 bits per heavy atom. The first-order valence-corrected chi connectivity index (χ1v) is 6.49. The van der Waals surface area contributed by atoms with E-state index in [-0.39, 0.29) is 0 Å². The van der Waals surface area contributed by atoms with Crippen molar-refractivity contribution in [3.8, 4) is 0 Å². The predicted molar refractivity (Wildman–Crippen MR) is 62.1 cm³/mol. The van der Waals surface area contributed by atoms with Crippen LogP contribution in [-0.2, 0) is 4.74 Å². The highest BCUT2D eigenvalue weighted by molar-refractivity contribution is 4.77. The quantitative estimate of drug-likeness (QED) is 0.692. The fraction of sp³-hybridized carbons (Fsp3) is 1.00. The second-order valence-corrected chi connectivity index (χ2v) is 4.82. The van der Waals surface area contributed by atoms with Crippen LogP contribution in [0, 0.1) is 0 Å². The lowest BCUT2D eigenvalue weighted by Gasteiger charge is -2.26. The van der Waals surface area contributed by atoms with Crippen molar-refractivity contribution in [1.82, 2.24) is 10.6 Å². The molecule has 0 amide bonds. The van der Waals surface area contributed by atoms with Crippen LogP contribution < -0.4 is 10.6 Å². The van der Waals surface area contributed by atoms with Gasteiger partial charge >= 0.3 is 0 Å². The van der Waals surface area contributed by atoms with Gasteiger partial charge in [-0.1, -0.05) is 25.7 Å². The van der Waals surface area contributed by atoms with Crippen molar-refractivity contribution >= 4 is 0 Å². The van der Waals surface area contributed by atoms with Crippen LogP contribution in [0.1, 0.15) is 38.5 Å². The Morgan fingerprint density at radius 1 is 1.13 bits per heavy atom. The predicted octanol–water partition coefficient (Wildman–Crippen LogP) is 1.29. The summed E-state index contributed by atoms with van der Waals surface area (Å²) in [6.45, 7) is 3.83. The highest BCUT2D eigenvalue weighted by Gasteiger charge is 2.16. The Morgan fingerprint density at radius 2 is 1.93 bits per heavy atom. The van der Waals surface area contributed by atoms with E-state index in [9.17, 15) is 0 Å². The van der Waals surface area contributed by atoms with E-state index in [4.69, 9.17) is 4.74 Å². The lowest BCUT2D eigenvalue weighted by Crippen LogP contribution is -2.49. The number of morpholine rings is 1. The standard InChI is InChI=1S/C12H24N2O/c1-2-4-6-11(5-3-1)14-9-12-10-15-8-7-13-12/h11-14H,1-10H2. The average molecular weight is 212 g/mol. The minimum absolute atomic E-state index is 0.530. The molecule has 2 fully saturated rings. The van der Waals surface area contributed by atoms with Crippen LogP contribution >= 0.6 is 0 Å². The molecule has 1 heterocycles. The lowest BCUT2D eigenvalue weighted by atomic mass is 10.1. The molecule has 0 aromatic rings. The van der Waals surface area contributed by atoms with E-state index in [0.29, 0.717) is 6.04 Å². The maximum atomic E-state index is 5.44. The number of rotatable bonds is 3. The monoisotopic (exact) mass is 212 g/mol. The van der Waals surface area contributed by atoms with Crippen LogP contribution in [0.2, 0.25) is 0 Å². The first-order valence-electron chi connectivity index (χ1n) is 6.49. The maximum absolute atomic E-state index is 5.44. The van der Waals surface area contributed by atoms with Crippen LogP contribution in [0.4, 0.5) is 0 Å². The largest absolute Gasteiger partial charge is 0.378 e. The highest BCUT2D eigenvalue weighted by atomic mass is 16.5. The van der Waals surface area contributed by atoms with Gasteiger partial charge in [0.05, 0.1) is 13.2 Å². The molecule has 0 aromatic carbocycles. The van der Waals surface area contributed by atoms with Gasteiger partial charge in [-0.15, -0.1) is 0 Å². The summed E-state index contributed by atoms with van der Waals surface area (Å²) >= 11 is 0. The zero-order valence-corrected chi connectivity index (χ0v) is 9.63. The van der Waals surface area contributed by atoms with Crippen molar-refractivity contribution in [2.24, 2.45) is 0 Å². The Kier molecular flexibility index (Phi) is 4.90. The zero-order valence-electron chi connectivity index (χ0n) is 9.63. The van der Waals surface area contributed by atoms with E-state index < -0.39 is 0 Å². The molecule has 0 bridgehead atoms. The van der Waals surface area contributed by atoms with Crippen LogP contribution in [0.15, 0.2) is 0 Å². The summed E-state index contributed by atoms with van der Waals surface area (Å²) in [5.41, 5.74) is 0. The van der Waals surface area contributed by atoms with E-state index >= 15 is 0 Å². The van der Waals surface area contributed by atoms with E-state index in [1.165, 1.54) is 38.5 Å². The summed E-state index contributed by atoms with van der Waals surface area (Å²) in [6.07, 6.45) is 8.42. The normalized spacial score (nSPS) is 30.0. The fourth-order valence-electron chi connectivity index (χ4n) is 2.54. The van der Waals surface area contributed by atoms with Gasteiger partial charge in [0, 0.05) is 25.2 Å². The van der Waals surface area contributed by atoms with E-state index in [2.05, 4.69) is 10.6 Å². The summed E-state index contributed by atoms with van der Waals surface area (Å²) in [7, 11) is 0. The first-order chi connectivity index (χ1) is 7.45. The molecule has 1 aliphatic heterocycles. The summed E-state index contributed by atoms with van der Waals surface area (Å²) in [5.74, 6) is 0. The highest BCUT2D eigenvalue weighted by Crippen LogP contribution is 2.17. The van der Waals surface area contributed by atoms with Crippen molar-refractivity contribution in [2.75, 3.05) is 26.3 Å². The minimum Gasteiger partial charge on any atom is -0.378 e. The molecule has 15 heavy (non-hydrogen) atoms. The molecule has 1 atom stereocenters. The Hall–Kier alpha value is -0.120. The molecule has 0 radical (unpaired) electrons. The number of hydrogen-bond donors (Lipinski definition) is 2. The maximum Gasteiger partial charge on any atom is 0.0632 e. The third-order valence-corrected chi connectivity index (χ3v) is 3.51. The van der Waals surface area contributed by atoms with Crippen LogP contribution in [0.25, 0.3) is 0 Å². The van der Waals surface area contributed by atoms with Crippen LogP contribution in [0.3, 0.4) is 0 Å². The van der Waals surface area contributed by atoms with Gasteiger partial charge in [0.1, 0.15) is 0 Å². The smallest absolute Gasteiger partial charge is 0.0632 e. The first kappa shape index (κ1) is 11.4. The number of nitrogens with one attached hydrogen (secondary N) is 2. The van der Waals surface area contributed by atoms with Crippen molar-refractivity contribution < 1.29 is 4.74 Å². The van der Waals surface area contributed by atoms with Crippen molar-refractivity contribution in [3.05, 3.63) is 0 Å². The summed E-state index contributed by atoms with van der Waals surface area (Å²) in [6, 6.07) is 1.29. The SMILES string of the molecule is C1CCCC(NCC2COCCN2)CC1. The molecule has 1 unspecified atom stereocenters. The van der Waals surface area contributed by atoms with E-state index in [1.807, 2.05) is 0 Å². The molecule has 2 N–H and O–H groups in total. The Bertz CT molecular complexity index is 161. The second-order valence-electron chi connectivity index (χ2n) is 4.82. The molecule has 2 rings (SSSR count). The molecule has 1 saturated heterocycles. The van der Waals surface area contributed by atoms with Crippen LogP contribution in [0.5, 0.6) is 0 Å². The molecule has 3 nitrogen and oxygen atoms in total. The van der Waals surface area contributed by atoms with Gasteiger partial charge in [-0.2, -0.15) is 0 Å². The topological polar surface area (TPSA) is 33.3 Å². The average Bonchev–Trinajstić information content (AvgIpc) is 2.56. The van der Waals surface area contributed by atoms with Gasteiger partial charge in [0.25, 0.3) is 0 Å². The minimum atomic E-state index is 0.530. The van der Waals surface area contributed by atoms with E-state index in [1.54, 1.807) is 0 Å². The molecule has 3 heteroatoms. The van der Waals surface area contributed by atoms with Crippen molar-refractivity contribution in [3.63, 3.8) is 0 Å². The van der Waals surface area contributed by atoms with Gasteiger partial charge in [-0.3, -0.25) is 0 Å². The number of ether oxygens (including phenoxy) is 1. The molecular formula is C12H24N2O. The van der Waals surface area contributed by atoms with Crippen LogP contribution in [-0.4, -0.2) is 38.4 Å². The molecular weight excluding hydrogens is 188 g/mol. The Balaban J connectivity index is 1.62. The van der Waals surface area contributed by atoms with Gasteiger partial charge in [-0.25, -0.2) is 0 Å². The zero-order chi connectivity index (χ0) is 10.3. The summed E-state index contributed by atoms with van der Waals surface area (Å²) in [4.78, 5) is 0. The van der Waals surface area contributed by atoms with Gasteiger partial charge < -0.3 is 15.4 Å². The molecule has 1 saturated carbocycles. The van der Waals surface area contributed by atoms with Gasteiger partial charge in [-0.05, 0) is 12.8 Å². The van der Waals surface area contributed by atoms with Crippen molar-refractivity contribution in [1.29, 1.82) is 0 Å². The molecule has 1 aliphatic carbocycles. The third kappa shape index (κ3) is 4.09. The third-order valence-electron chi connectivity index (χ3n) is 3.51. The summed E-state index contributed by atoms with van der Waals surface area (Å²) < 4.78 is 5.44. The molecule has 0 aromatic heterocycles. The lowest BCUT2D eigenvalue weighted by molar-refractivity contribution is 0.0756. The van der Waals surface area contributed by atoms with E-state index in [0.717, 1.165) is 32.3 Å². The Labute approximate surface area is 93.0 Å².